The van der Waals surface area contributed by atoms with Crippen molar-refractivity contribution in [3.8, 4) is 5.75 Å². The molecule has 2 rings (SSSR count). The van der Waals surface area contributed by atoms with Crippen LogP contribution in [0.5, 0.6) is 5.75 Å². The molecule has 1 aliphatic heterocycles. The van der Waals surface area contributed by atoms with Crippen molar-refractivity contribution in [2.75, 3.05) is 13.2 Å². The Kier molecular flexibility index (Phi) is 2.86. The van der Waals surface area contributed by atoms with Crippen molar-refractivity contribution in [1.82, 2.24) is 5.32 Å². The number of nitrogens with one attached hydrogen (secondary N) is 1. The van der Waals surface area contributed by atoms with E-state index in [-0.39, 0.29) is 0 Å². The van der Waals surface area contributed by atoms with Gasteiger partial charge in [0, 0.05) is 10.5 Å². The van der Waals surface area contributed by atoms with E-state index in [1.54, 1.807) is 0 Å². The topological polar surface area (TPSA) is 21.3 Å². The fourth-order valence-corrected chi connectivity index (χ4v) is 1.48. The molecule has 0 saturated carbocycles. The lowest BCUT2D eigenvalue weighted by atomic mass is 10.1. The summed E-state index contributed by atoms with van der Waals surface area (Å²) >= 11 is 3.38. The van der Waals surface area contributed by atoms with Gasteiger partial charge < -0.3 is 10.1 Å². The standard InChI is InChI=1S/C10H12BrNO/c11-8-1-3-10(4-2-8)13-7-9-5-6-12-9/h1-4,9,12H,5-7H2. The Bertz CT molecular complexity index is 269. The molecule has 1 heterocycles. The molecule has 0 aliphatic carbocycles. The number of hydrogen-bond acceptors (Lipinski definition) is 2. The first kappa shape index (κ1) is 9.03. The zero-order valence-corrected chi connectivity index (χ0v) is 8.88. The van der Waals surface area contributed by atoms with Gasteiger partial charge in [-0.05, 0) is 37.2 Å². The summed E-state index contributed by atoms with van der Waals surface area (Å²) in [6, 6.07) is 8.49. The van der Waals surface area contributed by atoms with Gasteiger partial charge in [-0.15, -0.1) is 0 Å². The van der Waals surface area contributed by atoms with Gasteiger partial charge in [0.2, 0.25) is 0 Å². The lowest BCUT2D eigenvalue weighted by Gasteiger charge is -2.27. The van der Waals surface area contributed by atoms with E-state index in [1.807, 2.05) is 24.3 Å². The van der Waals surface area contributed by atoms with E-state index < -0.39 is 0 Å². The minimum absolute atomic E-state index is 0.559. The van der Waals surface area contributed by atoms with Crippen LogP contribution >= 0.6 is 15.9 Å². The Morgan fingerprint density at radius 3 is 2.62 bits per heavy atom. The Hall–Kier alpha value is -0.540. The highest BCUT2D eigenvalue weighted by Crippen LogP contribution is 2.16. The fraction of sp³-hybridized carbons (Fsp3) is 0.400. The normalized spacial score (nSPS) is 20.8. The third-order valence-corrected chi connectivity index (χ3v) is 2.72. The molecule has 1 aromatic rings. The van der Waals surface area contributed by atoms with Crippen molar-refractivity contribution < 1.29 is 4.74 Å². The van der Waals surface area contributed by atoms with E-state index in [2.05, 4.69) is 21.2 Å². The fourth-order valence-electron chi connectivity index (χ4n) is 1.22. The van der Waals surface area contributed by atoms with Crippen LogP contribution in [-0.4, -0.2) is 19.2 Å². The Labute approximate surface area is 86.4 Å². The highest BCUT2D eigenvalue weighted by atomic mass is 79.9. The summed E-state index contributed by atoms with van der Waals surface area (Å²) in [7, 11) is 0. The van der Waals surface area contributed by atoms with Crippen LogP contribution in [0.25, 0.3) is 0 Å². The monoisotopic (exact) mass is 241 g/mol. The van der Waals surface area contributed by atoms with Crippen LogP contribution < -0.4 is 10.1 Å². The first-order valence-corrected chi connectivity index (χ1v) is 5.25. The molecule has 1 atom stereocenters. The number of benzene rings is 1. The van der Waals surface area contributed by atoms with Crippen molar-refractivity contribution in [2.24, 2.45) is 0 Å². The zero-order chi connectivity index (χ0) is 9.10. The first-order chi connectivity index (χ1) is 6.34. The van der Waals surface area contributed by atoms with E-state index in [0.717, 1.165) is 23.4 Å². The van der Waals surface area contributed by atoms with Crippen molar-refractivity contribution in [3.63, 3.8) is 0 Å². The molecule has 1 aliphatic rings. The second kappa shape index (κ2) is 4.11. The molecular weight excluding hydrogens is 230 g/mol. The predicted molar refractivity (Wildman–Crippen MR) is 56.0 cm³/mol. The minimum Gasteiger partial charge on any atom is -0.492 e. The SMILES string of the molecule is Brc1ccc(OCC2CCN2)cc1. The second-order valence-corrected chi connectivity index (χ2v) is 4.12. The molecule has 1 aromatic carbocycles. The molecule has 0 amide bonds. The van der Waals surface area contributed by atoms with Gasteiger partial charge in [-0.3, -0.25) is 0 Å². The molecule has 3 heteroatoms. The molecule has 13 heavy (non-hydrogen) atoms. The molecule has 1 fully saturated rings. The maximum atomic E-state index is 5.58. The third kappa shape index (κ3) is 2.45. The second-order valence-electron chi connectivity index (χ2n) is 3.20. The van der Waals surface area contributed by atoms with E-state index in [1.165, 1.54) is 6.42 Å². The summed E-state index contributed by atoms with van der Waals surface area (Å²) in [5.74, 6) is 0.942. The van der Waals surface area contributed by atoms with Crippen LogP contribution in [0.15, 0.2) is 28.7 Å². The molecule has 0 aromatic heterocycles. The molecule has 70 valence electrons. The molecule has 1 unspecified atom stereocenters. The Morgan fingerprint density at radius 2 is 2.08 bits per heavy atom. The van der Waals surface area contributed by atoms with Gasteiger partial charge in [0.1, 0.15) is 12.4 Å². The summed E-state index contributed by atoms with van der Waals surface area (Å²) in [5.41, 5.74) is 0. The maximum absolute atomic E-state index is 5.58. The summed E-state index contributed by atoms with van der Waals surface area (Å²) < 4.78 is 6.67. The molecule has 2 nitrogen and oxygen atoms in total. The quantitative estimate of drug-likeness (QED) is 0.877. The highest BCUT2D eigenvalue weighted by Gasteiger charge is 2.16. The average molecular weight is 242 g/mol. The van der Waals surface area contributed by atoms with Gasteiger partial charge in [-0.2, -0.15) is 0 Å². The van der Waals surface area contributed by atoms with Gasteiger partial charge in [0.05, 0.1) is 0 Å². The van der Waals surface area contributed by atoms with Crippen LogP contribution in [0, 0.1) is 0 Å². The van der Waals surface area contributed by atoms with Gasteiger partial charge in [0.15, 0.2) is 0 Å². The van der Waals surface area contributed by atoms with E-state index in [4.69, 9.17) is 4.74 Å². The Balaban J connectivity index is 1.83. The molecule has 1 saturated heterocycles. The third-order valence-electron chi connectivity index (χ3n) is 2.19. The van der Waals surface area contributed by atoms with Crippen molar-refractivity contribution >= 4 is 15.9 Å². The van der Waals surface area contributed by atoms with Gasteiger partial charge in [0.25, 0.3) is 0 Å². The van der Waals surface area contributed by atoms with Crippen LogP contribution in [0.1, 0.15) is 6.42 Å². The van der Waals surface area contributed by atoms with Crippen molar-refractivity contribution in [1.29, 1.82) is 0 Å². The highest BCUT2D eigenvalue weighted by molar-refractivity contribution is 9.10. The largest absolute Gasteiger partial charge is 0.492 e. The molecule has 1 N–H and O–H groups in total. The summed E-state index contributed by atoms with van der Waals surface area (Å²) in [6.07, 6.45) is 1.23. The van der Waals surface area contributed by atoms with Gasteiger partial charge >= 0.3 is 0 Å². The molecule has 0 spiro atoms. The number of ether oxygens (including phenoxy) is 1. The number of halogens is 1. The predicted octanol–water partition coefficient (Wildman–Crippen LogP) is 2.19. The average Bonchev–Trinajstić information content (AvgIpc) is 2.05. The number of hydrogen-bond donors (Lipinski definition) is 1. The smallest absolute Gasteiger partial charge is 0.119 e. The molecular formula is C10H12BrNO. The first-order valence-electron chi connectivity index (χ1n) is 4.46. The van der Waals surface area contributed by atoms with Crippen LogP contribution in [0.2, 0.25) is 0 Å². The lowest BCUT2D eigenvalue weighted by molar-refractivity contribution is 0.217. The molecule has 0 bridgehead atoms. The maximum Gasteiger partial charge on any atom is 0.119 e. The van der Waals surface area contributed by atoms with Crippen LogP contribution in [0.3, 0.4) is 0 Å². The van der Waals surface area contributed by atoms with Gasteiger partial charge in [-0.25, -0.2) is 0 Å². The van der Waals surface area contributed by atoms with Crippen LogP contribution in [0.4, 0.5) is 0 Å². The van der Waals surface area contributed by atoms with E-state index in [0.29, 0.717) is 6.04 Å². The van der Waals surface area contributed by atoms with Gasteiger partial charge in [-0.1, -0.05) is 15.9 Å². The lowest BCUT2D eigenvalue weighted by Crippen LogP contribution is -2.46. The summed E-state index contributed by atoms with van der Waals surface area (Å²) in [4.78, 5) is 0. The number of rotatable bonds is 3. The molecule has 0 radical (unpaired) electrons. The zero-order valence-electron chi connectivity index (χ0n) is 7.29. The van der Waals surface area contributed by atoms with Crippen molar-refractivity contribution in [2.45, 2.75) is 12.5 Å². The Morgan fingerprint density at radius 1 is 1.38 bits per heavy atom. The van der Waals surface area contributed by atoms with E-state index in [9.17, 15) is 0 Å². The van der Waals surface area contributed by atoms with E-state index >= 15 is 0 Å². The summed E-state index contributed by atoms with van der Waals surface area (Å²) in [6.45, 7) is 1.91. The van der Waals surface area contributed by atoms with Crippen molar-refractivity contribution in [3.05, 3.63) is 28.7 Å². The summed E-state index contributed by atoms with van der Waals surface area (Å²) in [5, 5.41) is 3.29. The minimum atomic E-state index is 0.559. The van der Waals surface area contributed by atoms with Crippen LogP contribution in [-0.2, 0) is 0 Å².